The highest BCUT2D eigenvalue weighted by Crippen LogP contribution is 2.47. The number of hydrogen-bond acceptors (Lipinski definition) is 4. The second kappa shape index (κ2) is 7.92. The molecule has 1 aliphatic carbocycles. The fraction of sp³-hybridized carbons (Fsp3) is 0.810. The van der Waals surface area contributed by atoms with Crippen molar-refractivity contribution in [1.29, 1.82) is 0 Å². The van der Waals surface area contributed by atoms with Gasteiger partial charge in [-0.2, -0.15) is 5.10 Å². The van der Waals surface area contributed by atoms with E-state index in [1.807, 2.05) is 31.1 Å². The molecule has 0 radical (unpaired) electrons. The average molecular weight is 375 g/mol. The minimum atomic E-state index is 0.273. The van der Waals surface area contributed by atoms with E-state index in [0.29, 0.717) is 24.3 Å². The Hall–Kier alpha value is -1.40. The van der Waals surface area contributed by atoms with Gasteiger partial charge in [-0.05, 0) is 43.6 Å². The Morgan fingerprint density at radius 1 is 1.33 bits per heavy atom. The Labute approximate surface area is 162 Å². The monoisotopic (exact) mass is 374 g/mol. The molecule has 1 spiro atoms. The van der Waals surface area contributed by atoms with Crippen molar-refractivity contribution in [2.24, 2.45) is 11.3 Å². The van der Waals surface area contributed by atoms with Gasteiger partial charge in [0.15, 0.2) is 0 Å². The number of carbonyl (C=O) groups is 1. The predicted molar refractivity (Wildman–Crippen MR) is 104 cm³/mol. The van der Waals surface area contributed by atoms with E-state index in [2.05, 4.69) is 14.9 Å². The third-order valence-electron chi connectivity index (χ3n) is 7.23. The molecule has 1 amide bonds. The zero-order valence-electron chi connectivity index (χ0n) is 16.9. The van der Waals surface area contributed by atoms with E-state index in [4.69, 9.17) is 4.74 Å². The molecule has 150 valence electrons. The third kappa shape index (κ3) is 3.92. The Kier molecular flexibility index (Phi) is 5.55. The van der Waals surface area contributed by atoms with Crippen LogP contribution in [0.5, 0.6) is 0 Å². The second-order valence-corrected chi connectivity index (χ2v) is 8.94. The normalized spacial score (nSPS) is 25.9. The predicted octanol–water partition coefficient (Wildman–Crippen LogP) is 2.32. The lowest BCUT2D eigenvalue weighted by molar-refractivity contribution is -0.134. The Bertz CT molecular complexity index is 646. The zero-order valence-corrected chi connectivity index (χ0v) is 16.9. The van der Waals surface area contributed by atoms with Crippen molar-refractivity contribution in [3.63, 3.8) is 0 Å². The number of likely N-dealkylation sites (tertiary alicyclic amines) is 2. The number of methoxy groups -OCH3 is 1. The van der Waals surface area contributed by atoms with Gasteiger partial charge in [-0.25, -0.2) is 0 Å². The van der Waals surface area contributed by atoms with Gasteiger partial charge < -0.3 is 9.64 Å². The number of piperidine rings is 1. The van der Waals surface area contributed by atoms with Gasteiger partial charge in [0.2, 0.25) is 5.91 Å². The highest BCUT2D eigenvalue weighted by Gasteiger charge is 2.50. The Morgan fingerprint density at radius 2 is 2.11 bits per heavy atom. The molecule has 4 rings (SSSR count). The largest absolute Gasteiger partial charge is 0.384 e. The summed E-state index contributed by atoms with van der Waals surface area (Å²) in [6.07, 6.45) is 10.8. The van der Waals surface area contributed by atoms with Crippen molar-refractivity contribution in [2.45, 2.75) is 58.0 Å². The molecule has 3 fully saturated rings. The van der Waals surface area contributed by atoms with Crippen LogP contribution in [0.25, 0.3) is 0 Å². The first kappa shape index (κ1) is 18.9. The van der Waals surface area contributed by atoms with Gasteiger partial charge in [-0.1, -0.05) is 6.42 Å². The van der Waals surface area contributed by atoms with Crippen molar-refractivity contribution in [2.75, 3.05) is 39.9 Å². The molecule has 1 unspecified atom stereocenters. The minimum absolute atomic E-state index is 0.273. The standard InChI is InChI=1S/C21H34N4O2/c1-17-12-22-25(13-17)9-6-20(26)23-10-7-21(8-11-23)16-24(19-4-3-5-19)14-18(21)15-27-2/h12-13,18-19H,3-11,14-16H2,1-2H3. The molecule has 0 aromatic carbocycles. The summed E-state index contributed by atoms with van der Waals surface area (Å²) in [5.41, 5.74) is 1.49. The Morgan fingerprint density at radius 3 is 2.70 bits per heavy atom. The molecule has 0 N–H and O–H groups in total. The molecule has 2 aliphatic heterocycles. The van der Waals surface area contributed by atoms with E-state index in [1.54, 1.807) is 0 Å². The van der Waals surface area contributed by atoms with Crippen molar-refractivity contribution in [3.05, 3.63) is 18.0 Å². The van der Waals surface area contributed by atoms with Gasteiger partial charge in [0.05, 0.1) is 12.8 Å². The second-order valence-electron chi connectivity index (χ2n) is 8.94. The molecule has 1 aromatic heterocycles. The quantitative estimate of drug-likeness (QED) is 0.767. The molecule has 2 saturated heterocycles. The molecule has 0 bridgehead atoms. The van der Waals surface area contributed by atoms with Crippen LogP contribution in [0.3, 0.4) is 0 Å². The van der Waals surface area contributed by atoms with Gasteiger partial charge in [0.25, 0.3) is 0 Å². The number of carbonyl (C=O) groups excluding carboxylic acids is 1. The summed E-state index contributed by atoms with van der Waals surface area (Å²) in [5, 5.41) is 4.29. The van der Waals surface area contributed by atoms with Gasteiger partial charge >= 0.3 is 0 Å². The maximum absolute atomic E-state index is 12.7. The van der Waals surface area contributed by atoms with E-state index in [0.717, 1.165) is 44.1 Å². The molecule has 3 heterocycles. The zero-order chi connectivity index (χ0) is 18.9. The summed E-state index contributed by atoms with van der Waals surface area (Å²) in [6.45, 7) is 7.75. The lowest BCUT2D eigenvalue weighted by Gasteiger charge is -2.43. The highest BCUT2D eigenvalue weighted by atomic mass is 16.5. The van der Waals surface area contributed by atoms with E-state index >= 15 is 0 Å². The van der Waals surface area contributed by atoms with Crippen LogP contribution in [-0.4, -0.2) is 71.4 Å². The number of rotatable bonds is 6. The summed E-state index contributed by atoms with van der Waals surface area (Å²) in [4.78, 5) is 17.5. The molecule has 1 saturated carbocycles. The molecular weight excluding hydrogens is 340 g/mol. The smallest absolute Gasteiger partial charge is 0.224 e. The summed E-state index contributed by atoms with van der Waals surface area (Å²) < 4.78 is 7.46. The maximum Gasteiger partial charge on any atom is 0.224 e. The molecule has 6 nitrogen and oxygen atoms in total. The number of ether oxygens (including phenoxy) is 1. The van der Waals surface area contributed by atoms with Crippen molar-refractivity contribution in [3.8, 4) is 0 Å². The van der Waals surface area contributed by atoms with Crippen LogP contribution in [0, 0.1) is 18.3 Å². The fourth-order valence-corrected chi connectivity index (χ4v) is 5.26. The third-order valence-corrected chi connectivity index (χ3v) is 7.23. The van der Waals surface area contributed by atoms with Crippen LogP contribution in [0.2, 0.25) is 0 Å². The fourth-order valence-electron chi connectivity index (χ4n) is 5.26. The van der Waals surface area contributed by atoms with Gasteiger partial charge in [0, 0.05) is 64.4 Å². The van der Waals surface area contributed by atoms with E-state index in [9.17, 15) is 4.79 Å². The van der Waals surface area contributed by atoms with Crippen LogP contribution < -0.4 is 0 Å². The number of nitrogens with zero attached hydrogens (tertiary/aromatic N) is 4. The summed E-state index contributed by atoms with van der Waals surface area (Å²) >= 11 is 0. The summed E-state index contributed by atoms with van der Waals surface area (Å²) in [7, 11) is 1.83. The van der Waals surface area contributed by atoms with Crippen LogP contribution in [0.15, 0.2) is 12.4 Å². The van der Waals surface area contributed by atoms with Crippen molar-refractivity contribution in [1.82, 2.24) is 19.6 Å². The molecule has 1 atom stereocenters. The Balaban J connectivity index is 1.31. The van der Waals surface area contributed by atoms with Crippen molar-refractivity contribution >= 4 is 5.91 Å². The molecule has 1 aromatic rings. The van der Waals surface area contributed by atoms with Crippen LogP contribution in [0.4, 0.5) is 0 Å². The van der Waals surface area contributed by atoms with Crippen molar-refractivity contribution < 1.29 is 9.53 Å². The van der Waals surface area contributed by atoms with Gasteiger partial charge in [-0.3, -0.25) is 14.4 Å². The number of aryl methyl sites for hydroxylation is 2. The SMILES string of the molecule is COCC1CN(C2CCC2)CC12CCN(C(=O)CCn1cc(C)cn1)CC2. The van der Waals surface area contributed by atoms with Crippen LogP contribution in [-0.2, 0) is 16.1 Å². The topological polar surface area (TPSA) is 50.6 Å². The van der Waals surface area contributed by atoms with Gasteiger partial charge in [-0.15, -0.1) is 0 Å². The van der Waals surface area contributed by atoms with Crippen LogP contribution in [0.1, 0.15) is 44.1 Å². The first-order valence-corrected chi connectivity index (χ1v) is 10.6. The van der Waals surface area contributed by atoms with E-state index in [1.165, 1.54) is 32.4 Å². The minimum Gasteiger partial charge on any atom is -0.384 e. The van der Waals surface area contributed by atoms with E-state index < -0.39 is 0 Å². The first-order valence-electron chi connectivity index (χ1n) is 10.6. The molecule has 3 aliphatic rings. The number of amides is 1. The lowest BCUT2D eigenvalue weighted by Crippen LogP contribution is -2.48. The van der Waals surface area contributed by atoms with Gasteiger partial charge in [0.1, 0.15) is 0 Å². The molecule has 6 heteroatoms. The first-order chi connectivity index (χ1) is 13.1. The summed E-state index contributed by atoms with van der Waals surface area (Å²) in [6, 6.07) is 0.806. The number of aromatic nitrogens is 2. The lowest BCUT2D eigenvalue weighted by atomic mass is 9.71. The van der Waals surface area contributed by atoms with Crippen LogP contribution >= 0.6 is 0 Å². The number of hydrogen-bond donors (Lipinski definition) is 0. The highest BCUT2D eigenvalue weighted by molar-refractivity contribution is 5.76. The molecule has 27 heavy (non-hydrogen) atoms. The maximum atomic E-state index is 12.7. The molecular formula is C21H34N4O2. The van der Waals surface area contributed by atoms with E-state index in [-0.39, 0.29) is 5.91 Å². The average Bonchev–Trinajstić information content (AvgIpc) is 3.17. The summed E-state index contributed by atoms with van der Waals surface area (Å²) in [5.74, 6) is 0.891.